The van der Waals surface area contributed by atoms with Crippen molar-refractivity contribution in [1.29, 1.82) is 0 Å². The predicted octanol–water partition coefficient (Wildman–Crippen LogP) is 3.42. The Bertz CT molecular complexity index is 738. The maximum absolute atomic E-state index is 12.7. The quantitative estimate of drug-likeness (QED) is 0.772. The highest BCUT2D eigenvalue weighted by Gasteiger charge is 2.21. The molecular weight excluding hydrogens is 350 g/mol. The predicted molar refractivity (Wildman–Crippen MR) is 114 cm³/mol. The minimum atomic E-state index is 0.0620. The fourth-order valence-corrected chi connectivity index (χ4v) is 3.71. The Labute approximate surface area is 168 Å². The summed E-state index contributed by atoms with van der Waals surface area (Å²) in [6.45, 7) is 8.28. The summed E-state index contributed by atoms with van der Waals surface area (Å²) in [5.41, 5.74) is 2.28. The lowest BCUT2D eigenvalue weighted by Crippen LogP contribution is -2.49. The molecule has 150 valence electrons. The molecular formula is C23H31N3O2. The minimum absolute atomic E-state index is 0.0620. The van der Waals surface area contributed by atoms with Crippen LogP contribution in [-0.4, -0.2) is 48.6 Å². The normalized spacial score (nSPS) is 16.2. The number of carbonyl (C=O) groups is 1. The first-order valence-corrected chi connectivity index (χ1v) is 10.1. The number of carbonyl (C=O) groups excluding carboxylic acids is 1. The van der Waals surface area contributed by atoms with Gasteiger partial charge in [-0.05, 0) is 42.2 Å². The number of benzene rings is 2. The first kappa shape index (κ1) is 20.2. The Kier molecular flexibility index (Phi) is 6.93. The summed E-state index contributed by atoms with van der Waals surface area (Å²) >= 11 is 0. The molecule has 0 spiro atoms. The number of rotatable bonds is 7. The zero-order valence-electron chi connectivity index (χ0n) is 16.8. The molecule has 1 fully saturated rings. The maximum atomic E-state index is 12.7. The second-order valence-electron chi connectivity index (χ2n) is 7.94. The first-order chi connectivity index (χ1) is 13.5. The van der Waals surface area contributed by atoms with Crippen LogP contribution in [0.15, 0.2) is 54.6 Å². The van der Waals surface area contributed by atoms with Crippen LogP contribution in [0.3, 0.4) is 0 Å². The van der Waals surface area contributed by atoms with Gasteiger partial charge in [0.25, 0.3) is 0 Å². The standard InChI is InChI=1S/C23H31N3O2/c1-18(2)16-22(19-6-4-3-5-7-19)24-23(28)17-25-12-14-26(15-13-25)20-8-10-21(27)11-9-20/h3-11,18,22,27H,12-17H2,1-2H3,(H,24,28)/t22-/m0/s1. The van der Waals surface area contributed by atoms with Crippen molar-refractivity contribution in [3.8, 4) is 5.75 Å². The van der Waals surface area contributed by atoms with Crippen LogP contribution in [0.1, 0.15) is 31.9 Å². The Morgan fingerprint density at radius 2 is 1.64 bits per heavy atom. The Balaban J connectivity index is 1.51. The molecule has 0 saturated carbocycles. The molecule has 2 N–H and O–H groups in total. The Hall–Kier alpha value is -2.53. The number of anilines is 1. The molecule has 0 bridgehead atoms. The van der Waals surface area contributed by atoms with Crippen LogP contribution >= 0.6 is 0 Å². The highest BCUT2D eigenvalue weighted by atomic mass is 16.3. The number of hydrogen-bond donors (Lipinski definition) is 2. The molecule has 3 rings (SSSR count). The lowest BCUT2D eigenvalue weighted by Gasteiger charge is -2.36. The summed E-state index contributed by atoms with van der Waals surface area (Å²) < 4.78 is 0. The van der Waals surface area contributed by atoms with Crippen molar-refractivity contribution >= 4 is 11.6 Å². The van der Waals surface area contributed by atoms with Gasteiger partial charge in [0.15, 0.2) is 0 Å². The van der Waals surface area contributed by atoms with Crippen molar-refractivity contribution in [2.75, 3.05) is 37.6 Å². The van der Waals surface area contributed by atoms with E-state index in [0.717, 1.165) is 38.3 Å². The van der Waals surface area contributed by atoms with E-state index >= 15 is 0 Å². The van der Waals surface area contributed by atoms with Gasteiger partial charge < -0.3 is 15.3 Å². The van der Waals surface area contributed by atoms with Crippen molar-refractivity contribution in [3.05, 3.63) is 60.2 Å². The number of aromatic hydroxyl groups is 1. The van der Waals surface area contributed by atoms with Gasteiger partial charge in [0, 0.05) is 31.9 Å². The second kappa shape index (κ2) is 9.60. The van der Waals surface area contributed by atoms with Crippen molar-refractivity contribution in [2.45, 2.75) is 26.3 Å². The molecule has 0 aliphatic carbocycles. The van der Waals surface area contributed by atoms with Gasteiger partial charge in [-0.3, -0.25) is 9.69 Å². The molecule has 2 aromatic rings. The average molecular weight is 382 g/mol. The van der Waals surface area contributed by atoms with Gasteiger partial charge in [-0.1, -0.05) is 44.2 Å². The molecule has 1 aliphatic heterocycles. The van der Waals surface area contributed by atoms with Gasteiger partial charge >= 0.3 is 0 Å². The van der Waals surface area contributed by atoms with E-state index in [1.165, 1.54) is 5.56 Å². The Morgan fingerprint density at radius 1 is 1.00 bits per heavy atom. The average Bonchev–Trinajstić information content (AvgIpc) is 2.69. The summed E-state index contributed by atoms with van der Waals surface area (Å²) in [5, 5.41) is 12.7. The summed E-state index contributed by atoms with van der Waals surface area (Å²) in [6.07, 6.45) is 0.935. The molecule has 1 atom stereocenters. The molecule has 5 nitrogen and oxygen atoms in total. The van der Waals surface area contributed by atoms with E-state index in [4.69, 9.17) is 0 Å². The number of nitrogens with one attached hydrogen (secondary N) is 1. The van der Waals surface area contributed by atoms with E-state index in [1.54, 1.807) is 12.1 Å². The van der Waals surface area contributed by atoms with E-state index in [9.17, 15) is 9.90 Å². The molecule has 1 amide bonds. The largest absolute Gasteiger partial charge is 0.508 e. The van der Waals surface area contributed by atoms with Gasteiger partial charge in [-0.15, -0.1) is 0 Å². The molecule has 2 aromatic carbocycles. The van der Waals surface area contributed by atoms with Crippen LogP contribution in [0.25, 0.3) is 0 Å². The molecule has 5 heteroatoms. The van der Waals surface area contributed by atoms with E-state index < -0.39 is 0 Å². The smallest absolute Gasteiger partial charge is 0.234 e. The highest BCUT2D eigenvalue weighted by molar-refractivity contribution is 5.78. The second-order valence-corrected chi connectivity index (χ2v) is 7.94. The first-order valence-electron chi connectivity index (χ1n) is 10.1. The van der Waals surface area contributed by atoms with Crippen molar-refractivity contribution < 1.29 is 9.90 Å². The fraction of sp³-hybridized carbons (Fsp3) is 0.435. The lowest BCUT2D eigenvalue weighted by molar-refractivity contribution is -0.123. The van der Waals surface area contributed by atoms with Gasteiger partial charge in [0.05, 0.1) is 12.6 Å². The highest BCUT2D eigenvalue weighted by Crippen LogP contribution is 2.22. The number of amides is 1. The minimum Gasteiger partial charge on any atom is -0.508 e. The molecule has 28 heavy (non-hydrogen) atoms. The molecule has 1 heterocycles. The zero-order valence-corrected chi connectivity index (χ0v) is 16.8. The summed E-state index contributed by atoms with van der Waals surface area (Å²) in [6, 6.07) is 17.6. The molecule has 1 saturated heterocycles. The molecule has 0 radical (unpaired) electrons. The summed E-state index contributed by atoms with van der Waals surface area (Å²) in [5.74, 6) is 0.889. The SMILES string of the molecule is CC(C)C[C@H](NC(=O)CN1CCN(c2ccc(O)cc2)CC1)c1ccccc1. The van der Waals surface area contributed by atoms with E-state index in [0.29, 0.717) is 12.5 Å². The fourth-order valence-electron chi connectivity index (χ4n) is 3.71. The number of phenolic OH excluding ortho intramolecular Hbond substituents is 1. The van der Waals surface area contributed by atoms with Gasteiger partial charge in [-0.25, -0.2) is 0 Å². The maximum Gasteiger partial charge on any atom is 0.234 e. The van der Waals surface area contributed by atoms with Crippen LogP contribution < -0.4 is 10.2 Å². The molecule has 0 unspecified atom stereocenters. The topological polar surface area (TPSA) is 55.8 Å². The summed E-state index contributed by atoms with van der Waals surface area (Å²) in [7, 11) is 0. The zero-order chi connectivity index (χ0) is 19.9. The third kappa shape index (κ3) is 5.73. The molecule has 1 aliphatic rings. The number of nitrogens with zero attached hydrogens (tertiary/aromatic N) is 2. The van der Waals surface area contributed by atoms with E-state index in [2.05, 4.69) is 41.1 Å². The van der Waals surface area contributed by atoms with E-state index in [1.807, 2.05) is 30.3 Å². The van der Waals surface area contributed by atoms with Gasteiger partial charge in [-0.2, -0.15) is 0 Å². The van der Waals surface area contributed by atoms with E-state index in [-0.39, 0.29) is 17.7 Å². The number of hydrogen-bond acceptors (Lipinski definition) is 4. The monoisotopic (exact) mass is 381 g/mol. The Morgan fingerprint density at radius 3 is 2.25 bits per heavy atom. The van der Waals surface area contributed by atoms with Crippen molar-refractivity contribution in [3.63, 3.8) is 0 Å². The van der Waals surface area contributed by atoms with Crippen LogP contribution in [-0.2, 0) is 4.79 Å². The van der Waals surface area contributed by atoms with Crippen LogP contribution in [0.4, 0.5) is 5.69 Å². The van der Waals surface area contributed by atoms with Crippen molar-refractivity contribution in [1.82, 2.24) is 10.2 Å². The number of piperazine rings is 1. The molecule has 0 aromatic heterocycles. The van der Waals surface area contributed by atoms with Crippen LogP contribution in [0, 0.1) is 5.92 Å². The van der Waals surface area contributed by atoms with Crippen molar-refractivity contribution in [2.24, 2.45) is 5.92 Å². The van der Waals surface area contributed by atoms with Gasteiger partial charge in [0.1, 0.15) is 5.75 Å². The third-order valence-corrected chi connectivity index (χ3v) is 5.20. The van der Waals surface area contributed by atoms with Crippen LogP contribution in [0.2, 0.25) is 0 Å². The number of phenols is 1. The van der Waals surface area contributed by atoms with Gasteiger partial charge in [0.2, 0.25) is 5.91 Å². The third-order valence-electron chi connectivity index (χ3n) is 5.20. The van der Waals surface area contributed by atoms with Crippen LogP contribution in [0.5, 0.6) is 5.75 Å². The lowest BCUT2D eigenvalue weighted by atomic mass is 9.97. The summed E-state index contributed by atoms with van der Waals surface area (Å²) in [4.78, 5) is 17.2.